The summed E-state index contributed by atoms with van der Waals surface area (Å²) in [5.74, 6) is -0.548. The average molecular weight is 331 g/mol. The van der Waals surface area contributed by atoms with Crippen LogP contribution in [0, 0.1) is 5.92 Å². The van der Waals surface area contributed by atoms with E-state index in [9.17, 15) is 14.4 Å². The molecule has 6 heteroatoms. The molecule has 0 radical (unpaired) electrons. The van der Waals surface area contributed by atoms with Gasteiger partial charge in [-0.2, -0.15) is 0 Å². The average Bonchev–Trinajstić information content (AvgIpc) is 2.94. The van der Waals surface area contributed by atoms with Crippen molar-refractivity contribution in [2.45, 2.75) is 46.1 Å². The van der Waals surface area contributed by atoms with Crippen molar-refractivity contribution in [2.24, 2.45) is 5.92 Å². The van der Waals surface area contributed by atoms with E-state index in [-0.39, 0.29) is 36.1 Å². The summed E-state index contributed by atoms with van der Waals surface area (Å²) in [7, 11) is 0. The van der Waals surface area contributed by atoms with Crippen LogP contribution in [0.3, 0.4) is 0 Å². The van der Waals surface area contributed by atoms with Gasteiger partial charge in [0.2, 0.25) is 17.7 Å². The highest BCUT2D eigenvalue weighted by Gasteiger charge is 2.35. The van der Waals surface area contributed by atoms with Crippen LogP contribution in [0.15, 0.2) is 24.3 Å². The predicted molar refractivity (Wildman–Crippen MR) is 93.7 cm³/mol. The van der Waals surface area contributed by atoms with E-state index >= 15 is 0 Å². The van der Waals surface area contributed by atoms with Crippen LogP contribution in [0.25, 0.3) is 0 Å². The molecule has 1 aliphatic heterocycles. The Morgan fingerprint density at radius 1 is 1.21 bits per heavy atom. The number of hydrogen-bond acceptors (Lipinski definition) is 3. The van der Waals surface area contributed by atoms with Crippen LogP contribution < -0.4 is 15.5 Å². The Hall–Kier alpha value is -2.37. The lowest BCUT2D eigenvalue weighted by Gasteiger charge is -2.19. The lowest BCUT2D eigenvalue weighted by molar-refractivity contribution is -0.127. The number of hydrogen-bond donors (Lipinski definition) is 2. The largest absolute Gasteiger partial charge is 0.353 e. The van der Waals surface area contributed by atoms with E-state index in [1.807, 2.05) is 13.8 Å². The summed E-state index contributed by atoms with van der Waals surface area (Å²) in [6.07, 6.45) is 2.01. The van der Waals surface area contributed by atoms with Crippen LogP contribution in [0.5, 0.6) is 0 Å². The van der Waals surface area contributed by atoms with Gasteiger partial charge in [-0.25, -0.2) is 0 Å². The molecule has 0 bridgehead atoms. The SMILES string of the molecule is CCC(CC)NC(=O)C1CC(=O)N(c2ccc(NC(C)=O)cc2)C1. The first-order valence-electron chi connectivity index (χ1n) is 8.43. The molecule has 6 nitrogen and oxygen atoms in total. The van der Waals surface area contributed by atoms with Gasteiger partial charge in [-0.3, -0.25) is 14.4 Å². The predicted octanol–water partition coefficient (Wildman–Crippen LogP) is 2.30. The van der Waals surface area contributed by atoms with Crippen LogP contribution >= 0.6 is 0 Å². The second-order valence-electron chi connectivity index (χ2n) is 6.16. The molecular weight excluding hydrogens is 306 g/mol. The molecule has 2 rings (SSSR count). The van der Waals surface area contributed by atoms with Crippen LogP contribution in [0.1, 0.15) is 40.0 Å². The zero-order valence-electron chi connectivity index (χ0n) is 14.5. The number of nitrogens with one attached hydrogen (secondary N) is 2. The molecule has 24 heavy (non-hydrogen) atoms. The van der Waals surface area contributed by atoms with Crippen LogP contribution in [-0.2, 0) is 14.4 Å². The molecule has 0 aliphatic carbocycles. The molecule has 1 aromatic carbocycles. The monoisotopic (exact) mass is 331 g/mol. The second kappa shape index (κ2) is 7.95. The third-order valence-corrected chi connectivity index (χ3v) is 4.33. The maximum Gasteiger partial charge on any atom is 0.227 e. The maximum atomic E-state index is 12.3. The zero-order valence-corrected chi connectivity index (χ0v) is 14.5. The van der Waals surface area contributed by atoms with E-state index in [0.717, 1.165) is 18.5 Å². The van der Waals surface area contributed by atoms with E-state index in [1.54, 1.807) is 29.2 Å². The van der Waals surface area contributed by atoms with Crippen molar-refractivity contribution in [1.29, 1.82) is 0 Å². The summed E-state index contributed by atoms with van der Waals surface area (Å²) in [6.45, 7) is 5.92. The standard InChI is InChI=1S/C18H25N3O3/c1-4-14(5-2)20-18(24)13-10-17(23)21(11-13)16-8-6-15(7-9-16)19-12(3)22/h6-9,13-14H,4-5,10-11H2,1-3H3,(H,19,22)(H,20,24). The van der Waals surface area contributed by atoms with Crippen LogP contribution in [-0.4, -0.2) is 30.3 Å². The molecule has 1 fully saturated rings. The smallest absolute Gasteiger partial charge is 0.227 e. The Bertz CT molecular complexity index is 608. The van der Waals surface area contributed by atoms with Gasteiger partial charge in [0, 0.05) is 37.3 Å². The third-order valence-electron chi connectivity index (χ3n) is 4.33. The number of carbonyl (C=O) groups is 3. The molecule has 1 saturated heterocycles. The topological polar surface area (TPSA) is 78.5 Å². The highest BCUT2D eigenvalue weighted by atomic mass is 16.2. The summed E-state index contributed by atoms with van der Waals surface area (Å²) >= 11 is 0. The lowest BCUT2D eigenvalue weighted by Crippen LogP contribution is -2.39. The molecule has 1 aromatic rings. The Kier molecular flexibility index (Phi) is 5.95. The molecule has 0 aromatic heterocycles. The summed E-state index contributed by atoms with van der Waals surface area (Å²) in [5.41, 5.74) is 1.42. The lowest BCUT2D eigenvalue weighted by atomic mass is 10.1. The summed E-state index contributed by atoms with van der Waals surface area (Å²) in [4.78, 5) is 37.3. The second-order valence-corrected chi connectivity index (χ2v) is 6.16. The molecule has 1 heterocycles. The van der Waals surface area contributed by atoms with Crippen LogP contribution in [0.4, 0.5) is 11.4 Å². The minimum Gasteiger partial charge on any atom is -0.353 e. The molecule has 1 atom stereocenters. The van der Waals surface area contributed by atoms with E-state index in [0.29, 0.717) is 12.2 Å². The summed E-state index contributed by atoms with van der Waals surface area (Å²) in [6, 6.07) is 7.23. The van der Waals surface area contributed by atoms with Crippen LogP contribution in [0.2, 0.25) is 0 Å². The van der Waals surface area contributed by atoms with Gasteiger partial charge in [0.25, 0.3) is 0 Å². The minimum absolute atomic E-state index is 0.0468. The number of nitrogens with zero attached hydrogens (tertiary/aromatic N) is 1. The van der Waals surface area contributed by atoms with Crippen molar-refractivity contribution >= 4 is 29.1 Å². The van der Waals surface area contributed by atoms with Crippen molar-refractivity contribution in [3.8, 4) is 0 Å². The van der Waals surface area contributed by atoms with Gasteiger partial charge in [-0.1, -0.05) is 13.8 Å². The fourth-order valence-corrected chi connectivity index (χ4v) is 2.87. The number of rotatable bonds is 6. The minimum atomic E-state index is -0.312. The quantitative estimate of drug-likeness (QED) is 0.839. The van der Waals surface area contributed by atoms with E-state index in [1.165, 1.54) is 6.92 Å². The molecule has 2 N–H and O–H groups in total. The third kappa shape index (κ3) is 4.34. The first-order chi connectivity index (χ1) is 11.4. The number of carbonyl (C=O) groups excluding carboxylic acids is 3. The summed E-state index contributed by atoms with van der Waals surface area (Å²) < 4.78 is 0. The molecular formula is C18H25N3O3. The molecule has 1 unspecified atom stereocenters. The molecule has 1 aliphatic rings. The number of amides is 3. The molecule has 3 amide bonds. The Morgan fingerprint density at radius 3 is 2.38 bits per heavy atom. The van der Waals surface area contributed by atoms with Gasteiger partial charge in [0.05, 0.1) is 5.92 Å². The van der Waals surface area contributed by atoms with Crippen molar-refractivity contribution in [1.82, 2.24) is 5.32 Å². The molecule has 130 valence electrons. The van der Waals surface area contributed by atoms with E-state index in [2.05, 4.69) is 10.6 Å². The first kappa shape index (κ1) is 18.0. The Balaban J connectivity index is 2.01. The number of benzene rings is 1. The Labute approximate surface area is 142 Å². The van der Waals surface area contributed by atoms with Gasteiger partial charge in [-0.05, 0) is 37.1 Å². The van der Waals surface area contributed by atoms with Gasteiger partial charge < -0.3 is 15.5 Å². The normalized spacial score (nSPS) is 17.2. The van der Waals surface area contributed by atoms with Gasteiger partial charge >= 0.3 is 0 Å². The zero-order chi connectivity index (χ0) is 17.7. The first-order valence-corrected chi connectivity index (χ1v) is 8.43. The Morgan fingerprint density at radius 2 is 1.83 bits per heavy atom. The van der Waals surface area contributed by atoms with Crippen molar-refractivity contribution in [3.05, 3.63) is 24.3 Å². The molecule has 0 spiro atoms. The fourth-order valence-electron chi connectivity index (χ4n) is 2.87. The van der Waals surface area contributed by atoms with Crippen molar-refractivity contribution in [2.75, 3.05) is 16.8 Å². The number of anilines is 2. The van der Waals surface area contributed by atoms with Gasteiger partial charge in [-0.15, -0.1) is 0 Å². The van der Waals surface area contributed by atoms with E-state index in [4.69, 9.17) is 0 Å². The highest BCUT2D eigenvalue weighted by molar-refractivity contribution is 6.00. The fraction of sp³-hybridized carbons (Fsp3) is 0.500. The van der Waals surface area contributed by atoms with Gasteiger partial charge in [0.15, 0.2) is 0 Å². The highest BCUT2D eigenvalue weighted by Crippen LogP contribution is 2.26. The van der Waals surface area contributed by atoms with Crippen molar-refractivity contribution in [3.63, 3.8) is 0 Å². The maximum absolute atomic E-state index is 12.3. The molecule has 0 saturated carbocycles. The van der Waals surface area contributed by atoms with Crippen molar-refractivity contribution < 1.29 is 14.4 Å². The van der Waals surface area contributed by atoms with E-state index < -0.39 is 0 Å². The van der Waals surface area contributed by atoms with Gasteiger partial charge in [0.1, 0.15) is 0 Å². The summed E-state index contributed by atoms with van der Waals surface area (Å²) in [5, 5.41) is 5.71.